The topological polar surface area (TPSA) is 36.1 Å². The first-order valence-corrected chi connectivity index (χ1v) is 5.74. The van der Waals surface area contributed by atoms with Gasteiger partial charge >= 0.3 is 0 Å². The van der Waals surface area contributed by atoms with Gasteiger partial charge in [0.15, 0.2) is 0 Å². The first-order valence-electron chi connectivity index (χ1n) is 5.74. The van der Waals surface area contributed by atoms with E-state index in [0.717, 1.165) is 12.5 Å². The molecule has 1 heterocycles. The van der Waals surface area contributed by atoms with Gasteiger partial charge in [-0.3, -0.25) is 5.32 Å². The van der Waals surface area contributed by atoms with Gasteiger partial charge in [-0.2, -0.15) is 0 Å². The number of hydrogen-bond acceptors (Lipinski definition) is 3. The number of rotatable bonds is 3. The maximum absolute atomic E-state index is 3.58. The molecule has 0 bridgehead atoms. The van der Waals surface area contributed by atoms with E-state index >= 15 is 0 Å². The third-order valence-electron chi connectivity index (χ3n) is 3.12. The lowest BCUT2D eigenvalue weighted by molar-refractivity contribution is 0.455. The minimum atomic E-state index is 0.433. The third kappa shape index (κ3) is 2.20. The zero-order valence-electron chi connectivity index (χ0n) is 8.74. The lowest BCUT2D eigenvalue weighted by Gasteiger charge is -2.10. The molecule has 1 aromatic carbocycles. The zero-order chi connectivity index (χ0) is 10.1. The largest absolute Gasteiger partial charge is 0.298 e. The summed E-state index contributed by atoms with van der Waals surface area (Å²) >= 11 is 0. The summed E-state index contributed by atoms with van der Waals surface area (Å²) in [7, 11) is 0. The predicted octanol–water partition coefficient (Wildman–Crippen LogP) is 1.30. The standard InChI is InChI=1S/C12H17N3/c1-2-4-9(5-3-1)11-8-12(15-14-11)13-10-6-7-10/h1-5,10-15H,6-8H2. The first-order chi connectivity index (χ1) is 7.42. The highest BCUT2D eigenvalue weighted by atomic mass is 15.5. The molecule has 80 valence electrons. The molecule has 2 atom stereocenters. The molecule has 0 aromatic heterocycles. The molecule has 0 spiro atoms. The van der Waals surface area contributed by atoms with Crippen LogP contribution in [0.1, 0.15) is 30.9 Å². The van der Waals surface area contributed by atoms with Gasteiger partial charge in [0.25, 0.3) is 0 Å². The van der Waals surface area contributed by atoms with Gasteiger partial charge < -0.3 is 0 Å². The summed E-state index contributed by atoms with van der Waals surface area (Å²) in [5.74, 6) is 0. The van der Waals surface area contributed by atoms with Gasteiger partial charge in [-0.25, -0.2) is 10.9 Å². The Bertz CT molecular complexity index is 321. The maximum atomic E-state index is 3.58. The fraction of sp³-hybridized carbons (Fsp3) is 0.500. The fourth-order valence-electron chi connectivity index (χ4n) is 2.10. The van der Waals surface area contributed by atoms with Gasteiger partial charge in [0, 0.05) is 12.1 Å². The van der Waals surface area contributed by atoms with Gasteiger partial charge in [0.2, 0.25) is 0 Å². The van der Waals surface area contributed by atoms with E-state index in [9.17, 15) is 0 Å². The molecular formula is C12H17N3. The summed E-state index contributed by atoms with van der Waals surface area (Å²) in [5.41, 5.74) is 8.02. The molecular weight excluding hydrogens is 186 g/mol. The SMILES string of the molecule is c1ccc(C2CC(NC3CC3)NN2)cc1. The number of hydrazine groups is 1. The Morgan fingerprint density at radius 3 is 2.60 bits per heavy atom. The van der Waals surface area contributed by atoms with Crippen molar-refractivity contribution < 1.29 is 0 Å². The van der Waals surface area contributed by atoms with Crippen molar-refractivity contribution in [1.82, 2.24) is 16.2 Å². The van der Waals surface area contributed by atoms with E-state index in [-0.39, 0.29) is 0 Å². The van der Waals surface area contributed by atoms with Crippen molar-refractivity contribution in [3.63, 3.8) is 0 Å². The minimum absolute atomic E-state index is 0.433. The van der Waals surface area contributed by atoms with Gasteiger partial charge in [-0.05, 0) is 24.8 Å². The van der Waals surface area contributed by atoms with Crippen LogP contribution in [0.2, 0.25) is 0 Å². The molecule has 15 heavy (non-hydrogen) atoms. The normalized spacial score (nSPS) is 30.7. The molecule has 1 saturated carbocycles. The van der Waals surface area contributed by atoms with E-state index < -0.39 is 0 Å². The predicted molar refractivity (Wildman–Crippen MR) is 60.0 cm³/mol. The lowest BCUT2D eigenvalue weighted by atomic mass is 10.0. The Morgan fingerprint density at radius 2 is 1.87 bits per heavy atom. The highest BCUT2D eigenvalue weighted by Crippen LogP contribution is 2.24. The van der Waals surface area contributed by atoms with E-state index in [1.54, 1.807) is 0 Å². The molecule has 2 aliphatic rings. The second-order valence-corrected chi connectivity index (χ2v) is 4.48. The molecule has 0 amide bonds. The Kier molecular flexibility index (Phi) is 2.44. The van der Waals surface area contributed by atoms with Crippen LogP contribution in [0.5, 0.6) is 0 Å². The highest BCUT2D eigenvalue weighted by Gasteiger charge is 2.30. The number of benzene rings is 1. The van der Waals surface area contributed by atoms with Crippen molar-refractivity contribution in [3.8, 4) is 0 Å². The Morgan fingerprint density at radius 1 is 1.07 bits per heavy atom. The van der Waals surface area contributed by atoms with Crippen molar-refractivity contribution >= 4 is 0 Å². The van der Waals surface area contributed by atoms with Gasteiger partial charge in [0.1, 0.15) is 0 Å². The Hall–Kier alpha value is -0.900. The van der Waals surface area contributed by atoms with Crippen LogP contribution in [0, 0.1) is 0 Å². The smallest absolute Gasteiger partial charge is 0.0725 e. The molecule has 3 nitrogen and oxygen atoms in total. The molecule has 2 fully saturated rings. The summed E-state index contributed by atoms with van der Waals surface area (Å²) in [4.78, 5) is 0. The van der Waals surface area contributed by atoms with E-state index in [1.165, 1.54) is 18.4 Å². The van der Waals surface area contributed by atoms with Gasteiger partial charge in [-0.15, -0.1) is 0 Å². The average Bonchev–Trinajstić information content (AvgIpc) is 2.96. The van der Waals surface area contributed by atoms with Crippen LogP contribution in [0.25, 0.3) is 0 Å². The van der Waals surface area contributed by atoms with Crippen molar-refractivity contribution in [2.45, 2.75) is 37.5 Å². The van der Waals surface area contributed by atoms with E-state index in [1.807, 2.05) is 0 Å². The Balaban J connectivity index is 1.60. The number of hydrogen-bond donors (Lipinski definition) is 3. The summed E-state index contributed by atoms with van der Waals surface area (Å²) < 4.78 is 0. The molecule has 0 radical (unpaired) electrons. The fourth-order valence-corrected chi connectivity index (χ4v) is 2.10. The van der Waals surface area contributed by atoms with Crippen molar-refractivity contribution in [2.75, 3.05) is 0 Å². The first kappa shape index (κ1) is 9.33. The van der Waals surface area contributed by atoms with Crippen LogP contribution in [-0.2, 0) is 0 Å². The highest BCUT2D eigenvalue weighted by molar-refractivity contribution is 5.19. The van der Waals surface area contributed by atoms with Crippen molar-refractivity contribution in [1.29, 1.82) is 0 Å². The molecule has 3 N–H and O–H groups in total. The molecule has 1 aromatic rings. The summed E-state index contributed by atoms with van der Waals surface area (Å²) in [6, 6.07) is 11.8. The summed E-state index contributed by atoms with van der Waals surface area (Å²) in [6.45, 7) is 0. The van der Waals surface area contributed by atoms with Crippen molar-refractivity contribution in [3.05, 3.63) is 35.9 Å². The minimum Gasteiger partial charge on any atom is -0.298 e. The zero-order valence-corrected chi connectivity index (χ0v) is 8.74. The van der Waals surface area contributed by atoms with E-state index in [4.69, 9.17) is 0 Å². The van der Waals surface area contributed by atoms with Crippen LogP contribution in [0.4, 0.5) is 0 Å². The van der Waals surface area contributed by atoms with E-state index in [2.05, 4.69) is 46.5 Å². The maximum Gasteiger partial charge on any atom is 0.0725 e. The van der Waals surface area contributed by atoms with Gasteiger partial charge in [-0.1, -0.05) is 30.3 Å². The molecule has 3 rings (SSSR count). The average molecular weight is 203 g/mol. The van der Waals surface area contributed by atoms with Crippen LogP contribution < -0.4 is 16.2 Å². The molecule has 2 unspecified atom stereocenters. The van der Waals surface area contributed by atoms with Crippen LogP contribution in [-0.4, -0.2) is 12.2 Å². The Labute approximate surface area is 90.2 Å². The lowest BCUT2D eigenvalue weighted by Crippen LogP contribution is -2.42. The molecule has 1 saturated heterocycles. The monoisotopic (exact) mass is 203 g/mol. The molecule has 1 aliphatic heterocycles. The quantitative estimate of drug-likeness (QED) is 0.693. The second-order valence-electron chi connectivity index (χ2n) is 4.48. The summed E-state index contributed by atoms with van der Waals surface area (Å²) in [5, 5.41) is 3.58. The van der Waals surface area contributed by atoms with E-state index in [0.29, 0.717) is 12.2 Å². The van der Waals surface area contributed by atoms with Crippen molar-refractivity contribution in [2.24, 2.45) is 0 Å². The van der Waals surface area contributed by atoms with Crippen LogP contribution in [0.3, 0.4) is 0 Å². The van der Waals surface area contributed by atoms with Crippen LogP contribution >= 0.6 is 0 Å². The molecule has 3 heteroatoms. The van der Waals surface area contributed by atoms with Crippen LogP contribution in [0.15, 0.2) is 30.3 Å². The summed E-state index contributed by atoms with van der Waals surface area (Å²) in [6.07, 6.45) is 4.24. The second kappa shape index (κ2) is 3.93. The molecule has 1 aliphatic carbocycles. The van der Waals surface area contributed by atoms with Gasteiger partial charge in [0.05, 0.1) is 6.17 Å². The number of nitrogens with one attached hydrogen (secondary N) is 3. The third-order valence-corrected chi connectivity index (χ3v) is 3.12.